The molecule has 0 atom stereocenters. The third-order valence-electron chi connectivity index (χ3n) is 5.36. The van der Waals surface area contributed by atoms with Gasteiger partial charge >= 0.3 is 0 Å². The second-order valence-corrected chi connectivity index (χ2v) is 9.08. The van der Waals surface area contributed by atoms with Crippen LogP contribution in [0, 0.1) is 5.41 Å². The number of hydrogen-bond donors (Lipinski definition) is 0. The van der Waals surface area contributed by atoms with Gasteiger partial charge in [-0.3, -0.25) is 0 Å². The normalized spacial score (nSPS) is 25.7. The van der Waals surface area contributed by atoms with Gasteiger partial charge in [0.1, 0.15) is 0 Å². The van der Waals surface area contributed by atoms with Crippen LogP contribution in [0.3, 0.4) is 0 Å². The monoisotopic (exact) mass is 322 g/mol. The molecule has 1 saturated carbocycles. The van der Waals surface area contributed by atoms with Crippen molar-refractivity contribution in [2.75, 3.05) is 31.1 Å². The molecule has 3 heterocycles. The molecule has 1 aromatic rings. The maximum atomic E-state index is 12.3. The predicted octanol–water partition coefficient (Wildman–Crippen LogP) is 1.26. The van der Waals surface area contributed by atoms with Crippen molar-refractivity contribution in [3.63, 3.8) is 0 Å². The van der Waals surface area contributed by atoms with Crippen molar-refractivity contribution in [3.05, 3.63) is 18.5 Å². The Kier molecular flexibility index (Phi) is 3.38. The number of hydrogen-bond acceptors (Lipinski definition) is 5. The first-order valence-electron chi connectivity index (χ1n) is 8.10. The molecule has 22 heavy (non-hydrogen) atoms. The van der Waals surface area contributed by atoms with E-state index in [2.05, 4.69) is 14.9 Å². The zero-order valence-corrected chi connectivity index (χ0v) is 13.5. The van der Waals surface area contributed by atoms with Gasteiger partial charge in [-0.2, -0.15) is 0 Å². The Hall–Kier alpha value is -1.21. The first kappa shape index (κ1) is 14.4. The van der Waals surface area contributed by atoms with Crippen molar-refractivity contribution in [1.29, 1.82) is 0 Å². The van der Waals surface area contributed by atoms with Crippen LogP contribution in [0.25, 0.3) is 0 Å². The van der Waals surface area contributed by atoms with Gasteiger partial charge in [-0.25, -0.2) is 22.7 Å². The van der Waals surface area contributed by atoms with E-state index in [1.54, 1.807) is 16.7 Å². The molecule has 0 radical (unpaired) electrons. The highest BCUT2D eigenvalue weighted by atomic mass is 32.2. The van der Waals surface area contributed by atoms with E-state index < -0.39 is 10.0 Å². The highest BCUT2D eigenvalue weighted by Crippen LogP contribution is 2.43. The minimum atomic E-state index is -3.01. The smallest absolute Gasteiger partial charge is 0.225 e. The highest BCUT2D eigenvalue weighted by molar-refractivity contribution is 7.90. The van der Waals surface area contributed by atoms with Gasteiger partial charge in [-0.05, 0) is 43.6 Å². The maximum absolute atomic E-state index is 12.3. The Balaban J connectivity index is 1.41. The zero-order valence-electron chi connectivity index (χ0n) is 12.7. The van der Waals surface area contributed by atoms with Crippen LogP contribution in [0.4, 0.5) is 5.95 Å². The first-order chi connectivity index (χ1) is 10.6. The molecule has 3 aliphatic rings. The molecule has 7 heteroatoms. The molecule has 0 N–H and O–H groups in total. The fraction of sp³-hybridized carbons (Fsp3) is 0.733. The first-order valence-corrected chi connectivity index (χ1v) is 9.60. The number of piperidine rings is 1. The zero-order chi connectivity index (χ0) is 15.2. The van der Waals surface area contributed by atoms with Crippen LogP contribution in [0.1, 0.15) is 32.1 Å². The molecule has 2 saturated heterocycles. The molecule has 120 valence electrons. The topological polar surface area (TPSA) is 66.4 Å². The maximum Gasteiger partial charge on any atom is 0.225 e. The quantitative estimate of drug-likeness (QED) is 0.838. The predicted molar refractivity (Wildman–Crippen MR) is 84.0 cm³/mol. The summed E-state index contributed by atoms with van der Waals surface area (Å²) in [5.41, 5.74) is 0.245. The highest BCUT2D eigenvalue weighted by Gasteiger charge is 2.46. The number of sulfonamides is 1. The summed E-state index contributed by atoms with van der Waals surface area (Å²) in [6, 6.07) is 1.83. The van der Waals surface area contributed by atoms with Crippen LogP contribution in [-0.2, 0) is 10.0 Å². The molecular formula is C15H22N4O2S. The molecule has 1 spiro atoms. The van der Waals surface area contributed by atoms with E-state index in [1.807, 2.05) is 6.07 Å². The Labute approximate surface area is 131 Å². The second kappa shape index (κ2) is 5.16. The SMILES string of the molecule is O=S(=O)(C1CC1)N1CCC2(CCN(c3ncccn3)C2)CC1. The summed E-state index contributed by atoms with van der Waals surface area (Å²) in [5.74, 6) is 0.799. The molecule has 2 aliphatic heterocycles. The Morgan fingerprint density at radius 1 is 1.05 bits per heavy atom. The van der Waals surface area contributed by atoms with Crippen LogP contribution < -0.4 is 4.90 Å². The third-order valence-corrected chi connectivity index (χ3v) is 7.76. The van der Waals surface area contributed by atoms with Crippen molar-refractivity contribution in [2.45, 2.75) is 37.4 Å². The van der Waals surface area contributed by atoms with Crippen molar-refractivity contribution >= 4 is 16.0 Å². The summed E-state index contributed by atoms with van der Waals surface area (Å²) >= 11 is 0. The van der Waals surface area contributed by atoms with Gasteiger partial charge in [0, 0.05) is 38.6 Å². The molecule has 4 rings (SSSR count). The standard InChI is InChI=1S/C15H22N4O2S/c20-22(21,13-2-3-13)19-10-5-15(6-11-19)4-9-18(12-15)14-16-7-1-8-17-14/h1,7-8,13H,2-6,9-12H2. The molecule has 0 amide bonds. The van der Waals surface area contributed by atoms with Crippen LogP contribution in [0.2, 0.25) is 0 Å². The van der Waals surface area contributed by atoms with E-state index in [-0.39, 0.29) is 10.7 Å². The second-order valence-electron chi connectivity index (χ2n) is 6.86. The van der Waals surface area contributed by atoms with Crippen molar-refractivity contribution in [2.24, 2.45) is 5.41 Å². The summed E-state index contributed by atoms with van der Waals surface area (Å²) < 4.78 is 26.4. The molecule has 0 aromatic carbocycles. The van der Waals surface area contributed by atoms with Crippen molar-refractivity contribution in [1.82, 2.24) is 14.3 Å². The minimum absolute atomic E-state index is 0.0839. The molecule has 0 unspecified atom stereocenters. The lowest BCUT2D eigenvalue weighted by atomic mass is 9.78. The van der Waals surface area contributed by atoms with E-state index in [4.69, 9.17) is 0 Å². The summed E-state index contributed by atoms with van der Waals surface area (Å²) in [7, 11) is -3.01. The lowest BCUT2D eigenvalue weighted by Crippen LogP contribution is -2.45. The largest absolute Gasteiger partial charge is 0.340 e. The Morgan fingerprint density at radius 2 is 1.68 bits per heavy atom. The van der Waals surface area contributed by atoms with Gasteiger partial charge in [0.05, 0.1) is 5.25 Å². The minimum Gasteiger partial charge on any atom is -0.340 e. The summed E-state index contributed by atoms with van der Waals surface area (Å²) in [5, 5.41) is -0.0839. The van der Waals surface area contributed by atoms with Gasteiger partial charge in [0.2, 0.25) is 16.0 Å². The van der Waals surface area contributed by atoms with E-state index in [0.717, 1.165) is 51.1 Å². The Bertz CT molecular complexity index is 637. The summed E-state index contributed by atoms with van der Waals surface area (Å²) in [6.07, 6.45) is 8.29. The third kappa shape index (κ3) is 2.50. The average molecular weight is 322 g/mol. The van der Waals surface area contributed by atoms with Gasteiger partial charge < -0.3 is 4.90 Å². The fourth-order valence-electron chi connectivity index (χ4n) is 3.76. The number of aromatic nitrogens is 2. The van der Waals surface area contributed by atoms with Gasteiger partial charge in [0.15, 0.2) is 0 Å². The lowest BCUT2D eigenvalue weighted by Gasteiger charge is -2.38. The van der Waals surface area contributed by atoms with Crippen LogP contribution in [0.15, 0.2) is 18.5 Å². The van der Waals surface area contributed by atoms with Gasteiger partial charge in [-0.15, -0.1) is 0 Å². The van der Waals surface area contributed by atoms with Crippen molar-refractivity contribution < 1.29 is 8.42 Å². The van der Waals surface area contributed by atoms with E-state index in [9.17, 15) is 8.42 Å². The molecule has 3 fully saturated rings. The van der Waals surface area contributed by atoms with Gasteiger partial charge in [-0.1, -0.05) is 0 Å². The number of nitrogens with zero attached hydrogens (tertiary/aromatic N) is 4. The molecule has 0 bridgehead atoms. The Morgan fingerprint density at radius 3 is 2.32 bits per heavy atom. The van der Waals surface area contributed by atoms with E-state index >= 15 is 0 Å². The fourth-order valence-corrected chi connectivity index (χ4v) is 5.61. The lowest BCUT2D eigenvalue weighted by molar-refractivity contribution is 0.177. The van der Waals surface area contributed by atoms with Crippen LogP contribution in [-0.4, -0.2) is 54.1 Å². The molecular weight excluding hydrogens is 300 g/mol. The summed E-state index contributed by atoms with van der Waals surface area (Å²) in [6.45, 7) is 3.29. The van der Waals surface area contributed by atoms with E-state index in [1.165, 1.54) is 0 Å². The number of rotatable bonds is 3. The molecule has 1 aromatic heterocycles. The van der Waals surface area contributed by atoms with Crippen molar-refractivity contribution in [3.8, 4) is 0 Å². The van der Waals surface area contributed by atoms with Gasteiger partial charge in [0.25, 0.3) is 0 Å². The molecule has 1 aliphatic carbocycles. The molecule has 6 nitrogen and oxygen atoms in total. The van der Waals surface area contributed by atoms with E-state index in [0.29, 0.717) is 13.1 Å². The average Bonchev–Trinajstić information content (AvgIpc) is 3.33. The number of anilines is 1. The van der Waals surface area contributed by atoms with Crippen LogP contribution >= 0.6 is 0 Å². The summed E-state index contributed by atoms with van der Waals surface area (Å²) in [4.78, 5) is 10.9. The van der Waals surface area contributed by atoms with Crippen LogP contribution in [0.5, 0.6) is 0 Å².